The van der Waals surface area contributed by atoms with Crippen LogP contribution < -0.4 is 0 Å². The van der Waals surface area contributed by atoms with Crippen molar-refractivity contribution in [2.45, 2.75) is 45.3 Å². The lowest BCUT2D eigenvalue weighted by atomic mass is 9.55. The number of piperazine rings is 1. The molecule has 0 unspecified atom stereocenters. The second-order valence-electron chi connectivity index (χ2n) is 10.7. The van der Waals surface area contributed by atoms with Crippen molar-refractivity contribution < 1.29 is 14.6 Å². The van der Waals surface area contributed by atoms with E-state index in [0.717, 1.165) is 52.0 Å². The van der Waals surface area contributed by atoms with Crippen LogP contribution in [0.1, 0.15) is 38.7 Å². The number of allylic oxidation sites excluding steroid dienone is 1. The Bertz CT molecular complexity index is 905. The van der Waals surface area contributed by atoms with Gasteiger partial charge in [-0.3, -0.25) is 14.6 Å². The van der Waals surface area contributed by atoms with Crippen molar-refractivity contribution in [3.63, 3.8) is 0 Å². The maximum absolute atomic E-state index is 12.9. The van der Waals surface area contributed by atoms with Gasteiger partial charge in [0.05, 0.1) is 12.0 Å². The molecule has 6 atom stereocenters. The zero-order valence-electron chi connectivity index (χ0n) is 20.0. The van der Waals surface area contributed by atoms with Gasteiger partial charge in [0.1, 0.15) is 6.10 Å². The lowest BCUT2D eigenvalue weighted by Crippen LogP contribution is -2.55. The van der Waals surface area contributed by atoms with Crippen LogP contribution in [0.2, 0.25) is 0 Å². The normalized spacial score (nSPS) is 37.5. The summed E-state index contributed by atoms with van der Waals surface area (Å²) in [6, 6.07) is 10.4. The monoisotopic (exact) mass is 450 g/mol. The molecule has 2 aliphatic heterocycles. The molecule has 0 bridgehead atoms. The van der Waals surface area contributed by atoms with Crippen LogP contribution >= 0.6 is 0 Å². The summed E-state index contributed by atoms with van der Waals surface area (Å²) in [4.78, 5) is 17.8. The van der Waals surface area contributed by atoms with E-state index in [1.54, 1.807) is 0 Å². The van der Waals surface area contributed by atoms with E-state index in [4.69, 9.17) is 4.74 Å². The molecule has 5 nitrogen and oxygen atoms in total. The third-order valence-electron chi connectivity index (χ3n) is 8.96. The van der Waals surface area contributed by atoms with E-state index in [-0.39, 0.29) is 29.3 Å². The Morgan fingerprint density at radius 3 is 2.64 bits per heavy atom. The highest BCUT2D eigenvalue weighted by atomic mass is 16.6. The van der Waals surface area contributed by atoms with Gasteiger partial charge in [0.2, 0.25) is 0 Å². The molecule has 2 saturated heterocycles. The molecular weight excluding hydrogens is 412 g/mol. The molecule has 3 fully saturated rings. The lowest BCUT2D eigenvalue weighted by Gasteiger charge is -2.52. The SMILES string of the molecule is C[C@@H]1CCC=C2C[C@H]3OC(=O)[C@H](CN4CCN(C/C=C/c5ccccc5)CC4)[C@H]3[C@@H](O)[C@@]21C. The number of aliphatic hydroxyl groups excluding tert-OH is 1. The molecule has 4 aliphatic rings. The Balaban J connectivity index is 1.18. The van der Waals surface area contributed by atoms with E-state index < -0.39 is 6.10 Å². The average Bonchev–Trinajstić information content (AvgIpc) is 3.13. The standard InChI is InChI=1S/C28H38N2O3/c1-20-8-6-12-22-18-24-25(26(31)28(20,22)2)23(27(32)33-24)19-30-16-14-29(15-17-30)13-7-11-21-9-4-3-5-10-21/h3-5,7,9-12,20,23-26,31H,6,8,13-19H2,1-2H3/b11-7+/t20-,23-,24-,25-,26-,28-/m1/s1. The fourth-order valence-corrected chi connectivity index (χ4v) is 6.61. The highest BCUT2D eigenvalue weighted by Crippen LogP contribution is 2.56. The number of nitrogens with zero attached hydrogens (tertiary/aromatic N) is 2. The predicted molar refractivity (Wildman–Crippen MR) is 130 cm³/mol. The molecule has 2 aliphatic carbocycles. The number of carbonyl (C=O) groups excluding carboxylic acids is 1. The molecule has 0 amide bonds. The van der Waals surface area contributed by atoms with E-state index >= 15 is 0 Å². The smallest absolute Gasteiger partial charge is 0.311 e. The van der Waals surface area contributed by atoms with Gasteiger partial charge in [-0.15, -0.1) is 0 Å². The Hall–Kier alpha value is -1.95. The second kappa shape index (κ2) is 9.36. The minimum Gasteiger partial charge on any atom is -0.461 e. The van der Waals surface area contributed by atoms with Crippen molar-refractivity contribution >= 4 is 12.0 Å². The van der Waals surface area contributed by atoms with Crippen molar-refractivity contribution in [2.75, 3.05) is 39.3 Å². The Morgan fingerprint density at radius 1 is 1.15 bits per heavy atom. The van der Waals surface area contributed by atoms with Gasteiger partial charge < -0.3 is 9.84 Å². The summed E-state index contributed by atoms with van der Waals surface area (Å²) in [6.07, 6.45) is 9.01. The van der Waals surface area contributed by atoms with Crippen LogP contribution in [0.3, 0.4) is 0 Å². The Labute approximate surface area is 198 Å². The lowest BCUT2D eigenvalue weighted by molar-refractivity contribution is -0.145. The summed E-state index contributed by atoms with van der Waals surface area (Å²) in [5.41, 5.74) is 2.31. The minimum atomic E-state index is -0.515. The van der Waals surface area contributed by atoms with Gasteiger partial charge in [0, 0.05) is 57.0 Å². The van der Waals surface area contributed by atoms with Crippen molar-refractivity contribution in [3.8, 4) is 0 Å². The van der Waals surface area contributed by atoms with Crippen LogP contribution in [0.5, 0.6) is 0 Å². The first-order chi connectivity index (χ1) is 16.0. The van der Waals surface area contributed by atoms with E-state index in [0.29, 0.717) is 12.5 Å². The Morgan fingerprint density at radius 2 is 1.88 bits per heavy atom. The maximum Gasteiger partial charge on any atom is 0.311 e. The molecular formula is C28H38N2O3. The third kappa shape index (κ3) is 4.31. The van der Waals surface area contributed by atoms with E-state index in [1.807, 2.05) is 6.07 Å². The first-order valence-corrected chi connectivity index (χ1v) is 12.7. The van der Waals surface area contributed by atoms with Crippen LogP contribution in [0.4, 0.5) is 0 Å². The second-order valence-corrected chi connectivity index (χ2v) is 10.7. The molecule has 1 aromatic rings. The highest BCUT2D eigenvalue weighted by Gasteiger charge is 2.59. The zero-order valence-corrected chi connectivity index (χ0v) is 20.0. The molecule has 2 heterocycles. The first kappa shape index (κ1) is 22.8. The molecule has 178 valence electrons. The Kier molecular flexibility index (Phi) is 6.47. The molecule has 33 heavy (non-hydrogen) atoms. The number of carbonyl (C=O) groups is 1. The first-order valence-electron chi connectivity index (χ1n) is 12.7. The van der Waals surface area contributed by atoms with Crippen LogP contribution in [-0.2, 0) is 9.53 Å². The summed E-state index contributed by atoms with van der Waals surface area (Å²) in [7, 11) is 0. The van der Waals surface area contributed by atoms with Crippen molar-refractivity contribution in [1.29, 1.82) is 0 Å². The summed E-state index contributed by atoms with van der Waals surface area (Å²) in [5.74, 6) is 0.0131. The third-order valence-corrected chi connectivity index (χ3v) is 8.96. The van der Waals surface area contributed by atoms with Gasteiger partial charge in [-0.05, 0) is 24.3 Å². The number of esters is 1. The molecule has 0 spiro atoms. The van der Waals surface area contributed by atoms with Crippen LogP contribution in [0.25, 0.3) is 6.08 Å². The highest BCUT2D eigenvalue weighted by molar-refractivity contribution is 5.76. The van der Waals surface area contributed by atoms with E-state index in [1.165, 1.54) is 11.1 Å². The summed E-state index contributed by atoms with van der Waals surface area (Å²) in [6.45, 7) is 10.0. The summed E-state index contributed by atoms with van der Waals surface area (Å²) >= 11 is 0. The average molecular weight is 451 g/mol. The quantitative estimate of drug-likeness (QED) is 0.549. The van der Waals surface area contributed by atoms with Gasteiger partial charge in [-0.25, -0.2) is 0 Å². The number of rotatable bonds is 5. The maximum atomic E-state index is 12.9. The molecule has 1 aromatic carbocycles. The van der Waals surface area contributed by atoms with E-state index in [9.17, 15) is 9.90 Å². The molecule has 5 rings (SSSR count). The number of hydrogen-bond donors (Lipinski definition) is 1. The fourth-order valence-electron chi connectivity index (χ4n) is 6.61. The van der Waals surface area contributed by atoms with Crippen molar-refractivity contribution in [2.24, 2.45) is 23.2 Å². The van der Waals surface area contributed by atoms with Gasteiger partial charge in [0.15, 0.2) is 0 Å². The van der Waals surface area contributed by atoms with Crippen LogP contribution in [0.15, 0.2) is 48.1 Å². The largest absolute Gasteiger partial charge is 0.461 e. The number of fused-ring (bicyclic) bond motifs is 2. The number of ether oxygens (including phenoxy) is 1. The molecule has 0 aromatic heterocycles. The van der Waals surface area contributed by atoms with Gasteiger partial charge in [0.25, 0.3) is 0 Å². The predicted octanol–water partition coefficient (Wildman–Crippen LogP) is 3.60. The summed E-state index contributed by atoms with van der Waals surface area (Å²) in [5, 5.41) is 11.5. The van der Waals surface area contributed by atoms with Gasteiger partial charge >= 0.3 is 5.97 Å². The van der Waals surface area contributed by atoms with Crippen molar-refractivity contribution in [1.82, 2.24) is 9.80 Å². The topological polar surface area (TPSA) is 53.0 Å². The van der Waals surface area contributed by atoms with Gasteiger partial charge in [-0.2, -0.15) is 0 Å². The van der Waals surface area contributed by atoms with Crippen LogP contribution in [0, 0.1) is 23.2 Å². The number of aliphatic hydroxyl groups is 1. The van der Waals surface area contributed by atoms with Gasteiger partial charge in [-0.1, -0.05) is 68.0 Å². The number of benzene rings is 1. The van der Waals surface area contributed by atoms with Crippen LogP contribution in [-0.4, -0.2) is 72.4 Å². The molecule has 1 saturated carbocycles. The molecule has 1 N–H and O–H groups in total. The van der Waals surface area contributed by atoms with Crippen molar-refractivity contribution in [3.05, 3.63) is 53.6 Å². The number of hydrogen-bond acceptors (Lipinski definition) is 5. The minimum absolute atomic E-state index is 0.0907. The molecule has 0 radical (unpaired) electrons. The zero-order chi connectivity index (χ0) is 23.0. The molecule has 5 heteroatoms. The summed E-state index contributed by atoms with van der Waals surface area (Å²) < 4.78 is 5.85. The fraction of sp³-hybridized carbons (Fsp3) is 0.607. The van der Waals surface area contributed by atoms with E-state index in [2.05, 4.69) is 66.1 Å².